The molecule has 2 heterocycles. The van der Waals surface area contributed by atoms with Crippen molar-refractivity contribution in [3.8, 4) is 11.3 Å². The number of hydrogen-bond donors (Lipinski definition) is 1. The second-order valence-corrected chi connectivity index (χ2v) is 7.46. The van der Waals surface area contributed by atoms with Gasteiger partial charge in [0.25, 0.3) is 0 Å². The number of benzene rings is 1. The van der Waals surface area contributed by atoms with Crippen LogP contribution in [0.2, 0.25) is 0 Å². The minimum Gasteiger partial charge on any atom is -0.452 e. The maximum Gasteiger partial charge on any atom is 0.339 e. The Hall–Kier alpha value is -2.49. The molecule has 0 unspecified atom stereocenters. The molecule has 0 spiro atoms. The van der Waals surface area contributed by atoms with Crippen LogP contribution in [0.15, 0.2) is 56.6 Å². The number of rotatable bonds is 5. The van der Waals surface area contributed by atoms with E-state index in [0.717, 1.165) is 16.9 Å². The maximum absolute atomic E-state index is 11.9. The van der Waals surface area contributed by atoms with Gasteiger partial charge in [-0.2, -0.15) is 0 Å². The van der Waals surface area contributed by atoms with Gasteiger partial charge in [0.15, 0.2) is 12.4 Å². The lowest BCUT2D eigenvalue weighted by molar-refractivity contribution is 0.0439. The van der Waals surface area contributed by atoms with Crippen LogP contribution in [-0.2, 0) is 21.4 Å². The first-order valence-corrected chi connectivity index (χ1v) is 9.14. The van der Waals surface area contributed by atoms with E-state index in [1.54, 1.807) is 6.20 Å². The molecule has 0 saturated heterocycles. The highest BCUT2D eigenvalue weighted by Gasteiger charge is 2.17. The van der Waals surface area contributed by atoms with E-state index < -0.39 is 16.0 Å². The summed E-state index contributed by atoms with van der Waals surface area (Å²) in [6.45, 7) is -0.160. The molecule has 0 bridgehead atoms. The quantitative estimate of drug-likeness (QED) is 0.696. The zero-order valence-electron chi connectivity index (χ0n) is 12.2. The topological polar surface area (TPSA) is 112 Å². The molecular weight excluding hydrogens is 352 g/mol. The van der Waals surface area contributed by atoms with Gasteiger partial charge in [-0.3, -0.25) is 0 Å². The van der Waals surface area contributed by atoms with Crippen molar-refractivity contribution in [1.82, 2.24) is 4.98 Å². The van der Waals surface area contributed by atoms with Gasteiger partial charge in [0.1, 0.15) is 4.21 Å². The Morgan fingerprint density at radius 1 is 1.29 bits per heavy atom. The number of thiophene rings is 1. The molecule has 1 aromatic carbocycles. The fourth-order valence-corrected chi connectivity index (χ4v) is 3.47. The van der Waals surface area contributed by atoms with Gasteiger partial charge in [0.2, 0.25) is 15.9 Å². The number of nitrogens with zero attached hydrogens (tertiary/aromatic N) is 1. The highest BCUT2D eigenvalue weighted by Crippen LogP contribution is 2.22. The predicted molar refractivity (Wildman–Crippen MR) is 86.8 cm³/mol. The summed E-state index contributed by atoms with van der Waals surface area (Å²) in [5.74, 6) is 0.124. The Balaban J connectivity index is 1.65. The standard InChI is InChI=1S/C15H12N2O5S2/c16-24(19,20)14-6-11(9-23-14)15(18)21-8-13-17-7-12(22-13)10-4-2-1-3-5-10/h1-7,9H,8H2,(H2,16,19,20). The minimum absolute atomic E-state index is 0.100. The Kier molecular flexibility index (Phi) is 4.47. The van der Waals surface area contributed by atoms with E-state index in [4.69, 9.17) is 14.3 Å². The molecule has 0 amide bonds. The molecule has 0 atom stereocenters. The van der Waals surface area contributed by atoms with Crippen molar-refractivity contribution in [2.75, 3.05) is 0 Å². The number of carbonyl (C=O) groups is 1. The fourth-order valence-electron chi connectivity index (χ4n) is 1.90. The summed E-state index contributed by atoms with van der Waals surface area (Å²) in [7, 11) is -3.83. The molecule has 0 aliphatic carbocycles. The van der Waals surface area contributed by atoms with Crippen molar-refractivity contribution in [1.29, 1.82) is 0 Å². The van der Waals surface area contributed by atoms with Crippen molar-refractivity contribution in [3.05, 3.63) is 59.4 Å². The zero-order valence-corrected chi connectivity index (χ0v) is 13.8. The van der Waals surface area contributed by atoms with E-state index in [9.17, 15) is 13.2 Å². The number of nitrogens with two attached hydrogens (primary N) is 1. The first kappa shape index (κ1) is 16.4. The molecule has 3 aromatic rings. The van der Waals surface area contributed by atoms with Crippen molar-refractivity contribution >= 4 is 27.3 Å². The molecule has 124 valence electrons. The number of ether oxygens (including phenoxy) is 1. The Morgan fingerprint density at radius 2 is 2.04 bits per heavy atom. The van der Waals surface area contributed by atoms with Crippen LogP contribution in [0.4, 0.5) is 0 Å². The third-order valence-corrected chi connectivity index (χ3v) is 5.42. The second-order valence-electron chi connectivity index (χ2n) is 4.76. The largest absolute Gasteiger partial charge is 0.452 e. The molecule has 24 heavy (non-hydrogen) atoms. The minimum atomic E-state index is -3.83. The molecule has 3 rings (SSSR count). The lowest BCUT2D eigenvalue weighted by Crippen LogP contribution is -2.10. The normalized spacial score (nSPS) is 11.4. The van der Waals surface area contributed by atoms with Crippen LogP contribution < -0.4 is 5.14 Å². The van der Waals surface area contributed by atoms with E-state index in [-0.39, 0.29) is 22.3 Å². The molecule has 0 fully saturated rings. The van der Waals surface area contributed by atoms with Crippen LogP contribution in [0.3, 0.4) is 0 Å². The molecule has 2 aromatic heterocycles. The molecule has 9 heteroatoms. The van der Waals surface area contributed by atoms with Crippen LogP contribution in [0.1, 0.15) is 16.2 Å². The Labute approximate surface area is 141 Å². The summed E-state index contributed by atoms with van der Waals surface area (Å²) in [6, 6.07) is 10.5. The van der Waals surface area contributed by atoms with Crippen molar-refractivity contribution in [3.63, 3.8) is 0 Å². The van der Waals surface area contributed by atoms with E-state index in [2.05, 4.69) is 4.98 Å². The van der Waals surface area contributed by atoms with Crippen LogP contribution in [0, 0.1) is 0 Å². The van der Waals surface area contributed by atoms with Gasteiger partial charge < -0.3 is 9.15 Å². The first-order valence-electron chi connectivity index (χ1n) is 6.72. The summed E-state index contributed by atoms with van der Waals surface area (Å²) in [5.41, 5.74) is 0.970. The molecule has 0 radical (unpaired) electrons. The van der Waals surface area contributed by atoms with Gasteiger partial charge in [-0.1, -0.05) is 30.3 Å². The second kappa shape index (κ2) is 6.56. The molecular formula is C15H12N2O5S2. The number of primary sulfonamides is 1. The molecule has 7 nitrogen and oxygen atoms in total. The SMILES string of the molecule is NS(=O)(=O)c1cc(C(=O)OCc2ncc(-c3ccccc3)o2)cs1. The third-order valence-electron chi connectivity index (χ3n) is 3.03. The molecule has 0 aliphatic rings. The van der Waals surface area contributed by atoms with Crippen molar-refractivity contribution in [2.45, 2.75) is 10.8 Å². The number of sulfonamides is 1. The molecule has 0 aliphatic heterocycles. The molecule has 2 N–H and O–H groups in total. The first-order chi connectivity index (χ1) is 11.4. The van der Waals surface area contributed by atoms with Crippen LogP contribution in [0.25, 0.3) is 11.3 Å². The number of carbonyl (C=O) groups excluding carboxylic acids is 1. The van der Waals surface area contributed by atoms with E-state index >= 15 is 0 Å². The highest BCUT2D eigenvalue weighted by molar-refractivity contribution is 7.91. The monoisotopic (exact) mass is 364 g/mol. The van der Waals surface area contributed by atoms with Gasteiger partial charge in [0.05, 0.1) is 11.8 Å². The van der Waals surface area contributed by atoms with Gasteiger partial charge in [-0.15, -0.1) is 11.3 Å². The van der Waals surface area contributed by atoms with Crippen LogP contribution in [0.5, 0.6) is 0 Å². The third kappa shape index (κ3) is 3.70. The number of aromatic nitrogens is 1. The maximum atomic E-state index is 11.9. The lowest BCUT2D eigenvalue weighted by Gasteiger charge is -2.00. The summed E-state index contributed by atoms with van der Waals surface area (Å²) in [5, 5.41) is 6.37. The van der Waals surface area contributed by atoms with E-state index in [1.165, 1.54) is 11.4 Å². The predicted octanol–water partition coefficient (Wildman–Crippen LogP) is 2.41. The smallest absolute Gasteiger partial charge is 0.339 e. The van der Waals surface area contributed by atoms with E-state index in [0.29, 0.717) is 5.76 Å². The fraction of sp³-hybridized carbons (Fsp3) is 0.0667. The van der Waals surface area contributed by atoms with Gasteiger partial charge in [-0.05, 0) is 6.07 Å². The Morgan fingerprint density at radius 3 is 2.71 bits per heavy atom. The average Bonchev–Trinajstić information content (AvgIpc) is 3.22. The summed E-state index contributed by atoms with van der Waals surface area (Å²) in [6.07, 6.45) is 1.54. The van der Waals surface area contributed by atoms with Crippen molar-refractivity contribution < 1.29 is 22.4 Å². The Bertz CT molecular complexity index is 961. The molecule has 0 saturated carbocycles. The van der Waals surface area contributed by atoms with Crippen LogP contribution >= 0.6 is 11.3 Å². The van der Waals surface area contributed by atoms with Gasteiger partial charge in [-0.25, -0.2) is 23.3 Å². The number of hydrogen-bond acceptors (Lipinski definition) is 7. The lowest BCUT2D eigenvalue weighted by atomic mass is 10.2. The van der Waals surface area contributed by atoms with E-state index in [1.807, 2.05) is 30.3 Å². The number of esters is 1. The van der Waals surface area contributed by atoms with Gasteiger partial charge in [0, 0.05) is 10.9 Å². The summed E-state index contributed by atoms with van der Waals surface area (Å²) < 4.78 is 32.9. The zero-order chi connectivity index (χ0) is 17.2. The van der Waals surface area contributed by atoms with Crippen LogP contribution in [-0.4, -0.2) is 19.4 Å². The number of oxazole rings is 1. The highest BCUT2D eigenvalue weighted by atomic mass is 32.2. The van der Waals surface area contributed by atoms with Crippen molar-refractivity contribution in [2.24, 2.45) is 5.14 Å². The average molecular weight is 364 g/mol. The van der Waals surface area contributed by atoms with Gasteiger partial charge >= 0.3 is 5.97 Å². The summed E-state index contributed by atoms with van der Waals surface area (Å²) in [4.78, 5) is 16.0. The summed E-state index contributed by atoms with van der Waals surface area (Å²) >= 11 is 0.855.